The molecule has 1 aromatic heterocycles. The fourth-order valence-corrected chi connectivity index (χ4v) is 1.47. The van der Waals surface area contributed by atoms with E-state index in [9.17, 15) is 9.59 Å². The number of aromatic nitrogens is 2. The highest BCUT2D eigenvalue weighted by Gasteiger charge is 2.17. The van der Waals surface area contributed by atoms with Gasteiger partial charge in [-0.15, -0.1) is 10.2 Å². The van der Waals surface area contributed by atoms with Gasteiger partial charge in [-0.2, -0.15) is 0 Å². The standard InChI is InChI=1S/C12H17N3O4/c1-3-4-5-8(11(16)17)13-10-7-6-9(14-15-10)12(18)19-2/h6-8H,3-5H2,1-2H3,(H,13,15)(H,16,17). The van der Waals surface area contributed by atoms with Crippen LogP contribution in [0.5, 0.6) is 0 Å². The summed E-state index contributed by atoms with van der Waals surface area (Å²) in [7, 11) is 1.25. The van der Waals surface area contributed by atoms with Crippen molar-refractivity contribution in [1.82, 2.24) is 10.2 Å². The lowest BCUT2D eigenvalue weighted by atomic mass is 10.1. The molecule has 0 saturated heterocycles. The maximum absolute atomic E-state index is 11.2. The minimum atomic E-state index is -0.938. The van der Waals surface area contributed by atoms with Crippen molar-refractivity contribution in [2.24, 2.45) is 0 Å². The number of carboxylic acids is 1. The molecule has 104 valence electrons. The number of nitrogens with zero attached hydrogens (tertiary/aromatic N) is 2. The van der Waals surface area contributed by atoms with E-state index in [-0.39, 0.29) is 5.69 Å². The summed E-state index contributed by atoms with van der Waals surface area (Å²) in [6, 6.07) is 2.22. The Morgan fingerprint density at radius 3 is 2.63 bits per heavy atom. The van der Waals surface area contributed by atoms with E-state index < -0.39 is 18.0 Å². The molecule has 19 heavy (non-hydrogen) atoms. The molecule has 0 spiro atoms. The topological polar surface area (TPSA) is 101 Å². The number of hydrogen-bond donors (Lipinski definition) is 2. The highest BCUT2D eigenvalue weighted by Crippen LogP contribution is 2.09. The maximum Gasteiger partial charge on any atom is 0.358 e. The first-order valence-corrected chi connectivity index (χ1v) is 5.99. The number of unbranched alkanes of at least 4 members (excludes halogenated alkanes) is 1. The molecule has 0 aromatic carbocycles. The lowest BCUT2D eigenvalue weighted by Crippen LogP contribution is -2.29. The summed E-state index contributed by atoms with van der Waals surface area (Å²) >= 11 is 0. The van der Waals surface area contributed by atoms with Crippen LogP contribution in [0.4, 0.5) is 5.82 Å². The molecule has 0 bridgehead atoms. The van der Waals surface area contributed by atoms with Gasteiger partial charge in [-0.25, -0.2) is 9.59 Å². The van der Waals surface area contributed by atoms with Crippen molar-refractivity contribution in [1.29, 1.82) is 0 Å². The van der Waals surface area contributed by atoms with E-state index in [0.717, 1.165) is 12.8 Å². The molecule has 0 aliphatic carbocycles. The van der Waals surface area contributed by atoms with Crippen molar-refractivity contribution in [3.05, 3.63) is 17.8 Å². The summed E-state index contributed by atoms with van der Waals surface area (Å²) < 4.78 is 4.49. The average Bonchev–Trinajstić information content (AvgIpc) is 2.43. The zero-order valence-corrected chi connectivity index (χ0v) is 10.9. The second kappa shape index (κ2) is 7.30. The largest absolute Gasteiger partial charge is 0.480 e. The maximum atomic E-state index is 11.2. The van der Waals surface area contributed by atoms with Crippen LogP contribution in [0.1, 0.15) is 36.7 Å². The van der Waals surface area contributed by atoms with Crippen molar-refractivity contribution < 1.29 is 19.4 Å². The molecular weight excluding hydrogens is 250 g/mol. The molecule has 1 atom stereocenters. The SMILES string of the molecule is CCCCC(Nc1ccc(C(=O)OC)nn1)C(=O)O. The Balaban J connectivity index is 2.69. The van der Waals surface area contributed by atoms with Crippen LogP contribution in [0.2, 0.25) is 0 Å². The van der Waals surface area contributed by atoms with E-state index in [1.54, 1.807) is 0 Å². The van der Waals surface area contributed by atoms with Gasteiger partial charge in [0.2, 0.25) is 0 Å². The highest BCUT2D eigenvalue weighted by atomic mass is 16.5. The normalized spacial score (nSPS) is 11.7. The Hall–Kier alpha value is -2.18. The molecule has 2 N–H and O–H groups in total. The van der Waals surface area contributed by atoms with Crippen LogP contribution in [0.15, 0.2) is 12.1 Å². The first-order valence-electron chi connectivity index (χ1n) is 5.99. The number of ether oxygens (including phenoxy) is 1. The summed E-state index contributed by atoms with van der Waals surface area (Å²) in [5.74, 6) is -1.21. The third-order valence-electron chi connectivity index (χ3n) is 2.53. The first-order chi connectivity index (χ1) is 9.08. The Morgan fingerprint density at radius 1 is 1.42 bits per heavy atom. The third-order valence-corrected chi connectivity index (χ3v) is 2.53. The molecule has 0 radical (unpaired) electrons. The second-order valence-corrected chi connectivity index (χ2v) is 3.97. The van der Waals surface area contributed by atoms with Gasteiger partial charge in [-0.3, -0.25) is 0 Å². The molecule has 1 rings (SSSR count). The molecule has 7 heteroatoms. The molecule has 0 aliphatic rings. The smallest absolute Gasteiger partial charge is 0.358 e. The number of aliphatic carboxylic acids is 1. The lowest BCUT2D eigenvalue weighted by molar-refractivity contribution is -0.138. The zero-order chi connectivity index (χ0) is 14.3. The molecule has 0 aliphatic heterocycles. The number of nitrogens with one attached hydrogen (secondary N) is 1. The minimum Gasteiger partial charge on any atom is -0.480 e. The summed E-state index contributed by atoms with van der Waals surface area (Å²) in [6.45, 7) is 1.99. The van der Waals surface area contributed by atoms with Gasteiger partial charge < -0.3 is 15.2 Å². The summed E-state index contributed by atoms with van der Waals surface area (Å²) in [6.07, 6.45) is 2.22. The predicted molar refractivity (Wildman–Crippen MR) is 67.9 cm³/mol. The average molecular weight is 267 g/mol. The van der Waals surface area contributed by atoms with Gasteiger partial charge in [0.1, 0.15) is 11.9 Å². The Labute approximate surface area is 111 Å². The van der Waals surface area contributed by atoms with E-state index in [0.29, 0.717) is 12.2 Å². The van der Waals surface area contributed by atoms with E-state index in [2.05, 4.69) is 20.3 Å². The Bertz CT molecular complexity index is 433. The number of carbonyl (C=O) groups excluding carboxylic acids is 1. The lowest BCUT2D eigenvalue weighted by Gasteiger charge is -2.14. The molecule has 1 unspecified atom stereocenters. The number of rotatable bonds is 7. The van der Waals surface area contributed by atoms with Crippen LogP contribution in [0.3, 0.4) is 0 Å². The number of esters is 1. The molecule has 1 heterocycles. The number of carboxylic acid groups (broad SMARTS) is 1. The number of carbonyl (C=O) groups is 2. The predicted octanol–water partition coefficient (Wildman–Crippen LogP) is 1.32. The second-order valence-electron chi connectivity index (χ2n) is 3.97. The van der Waals surface area contributed by atoms with Crippen LogP contribution >= 0.6 is 0 Å². The van der Waals surface area contributed by atoms with Gasteiger partial charge >= 0.3 is 11.9 Å². The van der Waals surface area contributed by atoms with Crippen LogP contribution in [0.25, 0.3) is 0 Å². The zero-order valence-electron chi connectivity index (χ0n) is 10.9. The van der Waals surface area contributed by atoms with Gasteiger partial charge in [0.05, 0.1) is 7.11 Å². The molecule has 1 aromatic rings. The summed E-state index contributed by atoms with van der Waals surface area (Å²) in [5.41, 5.74) is 0.0773. The number of hydrogen-bond acceptors (Lipinski definition) is 6. The summed E-state index contributed by atoms with van der Waals surface area (Å²) in [5, 5.41) is 19.2. The first kappa shape index (κ1) is 14.9. The van der Waals surface area contributed by atoms with Crippen LogP contribution < -0.4 is 5.32 Å². The molecule has 7 nitrogen and oxygen atoms in total. The van der Waals surface area contributed by atoms with E-state index in [1.807, 2.05) is 6.92 Å². The minimum absolute atomic E-state index is 0.0773. The van der Waals surface area contributed by atoms with Gasteiger partial charge in [0.15, 0.2) is 5.69 Å². The van der Waals surface area contributed by atoms with E-state index >= 15 is 0 Å². The molecule has 0 amide bonds. The van der Waals surface area contributed by atoms with Crippen LogP contribution in [-0.4, -0.2) is 40.4 Å². The van der Waals surface area contributed by atoms with Gasteiger partial charge in [-0.1, -0.05) is 19.8 Å². The van der Waals surface area contributed by atoms with E-state index in [1.165, 1.54) is 19.2 Å². The van der Waals surface area contributed by atoms with Crippen molar-refractivity contribution in [3.63, 3.8) is 0 Å². The molecule has 0 fully saturated rings. The van der Waals surface area contributed by atoms with Gasteiger partial charge in [-0.05, 0) is 18.6 Å². The monoisotopic (exact) mass is 267 g/mol. The number of methoxy groups -OCH3 is 1. The quantitative estimate of drug-likeness (QED) is 0.718. The van der Waals surface area contributed by atoms with Crippen LogP contribution in [0, 0.1) is 0 Å². The summed E-state index contributed by atoms with van der Waals surface area (Å²) in [4.78, 5) is 22.2. The fraction of sp³-hybridized carbons (Fsp3) is 0.500. The van der Waals surface area contributed by atoms with Gasteiger partial charge in [0, 0.05) is 0 Å². The van der Waals surface area contributed by atoms with Crippen molar-refractivity contribution in [2.45, 2.75) is 32.2 Å². The van der Waals surface area contributed by atoms with Crippen molar-refractivity contribution in [3.8, 4) is 0 Å². The highest BCUT2D eigenvalue weighted by molar-refractivity contribution is 5.87. The molecule has 0 saturated carbocycles. The Morgan fingerprint density at radius 2 is 2.16 bits per heavy atom. The van der Waals surface area contributed by atoms with Gasteiger partial charge in [0.25, 0.3) is 0 Å². The van der Waals surface area contributed by atoms with Crippen molar-refractivity contribution in [2.75, 3.05) is 12.4 Å². The molecular formula is C12H17N3O4. The third kappa shape index (κ3) is 4.53. The number of anilines is 1. The van der Waals surface area contributed by atoms with Crippen molar-refractivity contribution >= 4 is 17.8 Å². The van der Waals surface area contributed by atoms with E-state index in [4.69, 9.17) is 5.11 Å². The van der Waals surface area contributed by atoms with Crippen LogP contribution in [-0.2, 0) is 9.53 Å². The Kier molecular flexibility index (Phi) is 5.72. The fourth-order valence-electron chi connectivity index (χ4n) is 1.47.